The Balaban J connectivity index is 0.00000109. The molecule has 0 aromatic rings. The first-order chi connectivity index (χ1) is 12.2. The van der Waals surface area contributed by atoms with Gasteiger partial charge in [-0.15, -0.1) is 0 Å². The maximum absolute atomic E-state index is 4.45. The summed E-state index contributed by atoms with van der Waals surface area (Å²) in [5.41, 5.74) is 2.52. The first-order valence-corrected chi connectivity index (χ1v) is 9.09. The number of fused-ring (bicyclic) bond motifs is 1. The highest BCUT2D eigenvalue weighted by Gasteiger charge is 2.46. The lowest BCUT2D eigenvalue weighted by molar-refractivity contribution is 0.384. The van der Waals surface area contributed by atoms with E-state index in [0.717, 1.165) is 37.6 Å². The van der Waals surface area contributed by atoms with Crippen LogP contribution in [0.2, 0.25) is 0 Å². The minimum atomic E-state index is -0.0383. The third-order valence-electron chi connectivity index (χ3n) is 4.51. The summed E-state index contributed by atoms with van der Waals surface area (Å²) in [5, 5.41) is 13.9. The van der Waals surface area contributed by atoms with Crippen molar-refractivity contribution in [3.05, 3.63) is 60.5 Å². The molecule has 0 radical (unpaired) electrons. The largest absolute Gasteiger partial charge is 0.371 e. The molecule has 2 aliphatic heterocycles. The van der Waals surface area contributed by atoms with E-state index in [1.807, 2.05) is 33.0 Å². The number of rotatable bonds is 6. The van der Waals surface area contributed by atoms with Gasteiger partial charge in [-0.2, -0.15) is 0 Å². The van der Waals surface area contributed by atoms with Crippen molar-refractivity contribution < 1.29 is 0 Å². The van der Waals surface area contributed by atoms with Crippen molar-refractivity contribution in [1.82, 2.24) is 21.3 Å². The Hall–Kier alpha value is -2.27. The number of amidine groups is 1. The molecule has 3 aliphatic rings. The minimum Gasteiger partial charge on any atom is -0.371 e. The Kier molecular flexibility index (Phi) is 6.65. The molecule has 5 nitrogen and oxygen atoms in total. The van der Waals surface area contributed by atoms with Crippen LogP contribution in [0.15, 0.2) is 65.5 Å². The molecule has 25 heavy (non-hydrogen) atoms. The van der Waals surface area contributed by atoms with Crippen LogP contribution < -0.4 is 21.3 Å². The van der Waals surface area contributed by atoms with Crippen molar-refractivity contribution in [2.45, 2.75) is 33.0 Å². The van der Waals surface area contributed by atoms with Gasteiger partial charge in [0.1, 0.15) is 11.7 Å². The molecule has 4 N–H and O–H groups in total. The Morgan fingerprint density at radius 2 is 2.12 bits per heavy atom. The first-order valence-electron chi connectivity index (χ1n) is 9.09. The predicted molar refractivity (Wildman–Crippen MR) is 107 cm³/mol. The molecule has 5 heteroatoms. The van der Waals surface area contributed by atoms with E-state index >= 15 is 0 Å². The molecule has 1 aliphatic carbocycles. The van der Waals surface area contributed by atoms with Gasteiger partial charge >= 0.3 is 0 Å². The topological polar surface area (TPSA) is 60.5 Å². The van der Waals surface area contributed by atoms with E-state index in [0.29, 0.717) is 0 Å². The van der Waals surface area contributed by atoms with Crippen molar-refractivity contribution in [3.63, 3.8) is 0 Å². The van der Waals surface area contributed by atoms with E-state index in [1.54, 1.807) is 6.08 Å². The van der Waals surface area contributed by atoms with Crippen molar-refractivity contribution in [1.29, 1.82) is 0 Å². The highest BCUT2D eigenvalue weighted by atomic mass is 15.4. The zero-order valence-electron chi connectivity index (χ0n) is 15.7. The molecule has 136 valence electrons. The van der Waals surface area contributed by atoms with Crippen molar-refractivity contribution in [2.24, 2.45) is 10.4 Å². The summed E-state index contributed by atoms with van der Waals surface area (Å²) in [5.74, 6) is 2.04. The van der Waals surface area contributed by atoms with Gasteiger partial charge in [-0.1, -0.05) is 57.4 Å². The molecule has 2 heterocycles. The number of aliphatic imine (C=N–C) groups is 1. The average molecular weight is 342 g/mol. The maximum atomic E-state index is 4.45. The van der Waals surface area contributed by atoms with Crippen LogP contribution in [-0.4, -0.2) is 32.3 Å². The Morgan fingerprint density at radius 1 is 1.36 bits per heavy atom. The second kappa shape index (κ2) is 8.72. The van der Waals surface area contributed by atoms with Crippen LogP contribution in [-0.2, 0) is 0 Å². The molecule has 0 aromatic carbocycles. The van der Waals surface area contributed by atoms with Crippen LogP contribution in [0, 0.1) is 5.41 Å². The Morgan fingerprint density at radius 3 is 2.72 bits per heavy atom. The van der Waals surface area contributed by atoms with Gasteiger partial charge in [-0.25, -0.2) is 0 Å². The van der Waals surface area contributed by atoms with Crippen LogP contribution in [0.5, 0.6) is 0 Å². The quantitative estimate of drug-likeness (QED) is 0.443. The van der Waals surface area contributed by atoms with Gasteiger partial charge in [-0.05, 0) is 18.4 Å². The van der Waals surface area contributed by atoms with Crippen molar-refractivity contribution in [2.75, 3.05) is 20.1 Å². The second-order valence-electron chi connectivity index (χ2n) is 5.98. The van der Waals surface area contributed by atoms with Crippen LogP contribution in [0.1, 0.15) is 26.7 Å². The van der Waals surface area contributed by atoms with Gasteiger partial charge in [0.15, 0.2) is 6.29 Å². The lowest BCUT2D eigenvalue weighted by Crippen LogP contribution is -2.62. The zero-order chi connectivity index (χ0) is 18.3. The fraction of sp³-hybridized carbons (Fsp3) is 0.450. The highest BCUT2D eigenvalue weighted by molar-refractivity contribution is 6.02. The third-order valence-corrected chi connectivity index (χ3v) is 4.51. The number of nitrogens with zero attached hydrogens (tertiary/aromatic N) is 1. The SMILES string of the molecule is C=C/C=C(\C=C)CCNC1NC(=NC)C2=C(NCCC23C=C3)N1.CC. The molecular formula is C20H31N5. The molecule has 1 unspecified atom stereocenters. The molecule has 1 spiro atoms. The van der Waals surface area contributed by atoms with Gasteiger partial charge < -0.3 is 16.0 Å². The van der Waals surface area contributed by atoms with Gasteiger partial charge in [0.05, 0.1) is 0 Å². The summed E-state index contributed by atoms with van der Waals surface area (Å²) in [4.78, 5) is 4.45. The van der Waals surface area contributed by atoms with Gasteiger partial charge in [0, 0.05) is 31.1 Å². The van der Waals surface area contributed by atoms with Crippen molar-refractivity contribution in [3.8, 4) is 0 Å². The lowest BCUT2D eigenvalue weighted by Gasteiger charge is -2.39. The Labute approximate surface area is 151 Å². The normalized spacial score (nSPS) is 24.4. The number of hydrogen-bond donors (Lipinski definition) is 4. The summed E-state index contributed by atoms with van der Waals surface area (Å²) in [6.45, 7) is 13.4. The zero-order valence-corrected chi connectivity index (χ0v) is 15.7. The number of nitrogens with one attached hydrogen (secondary N) is 4. The summed E-state index contributed by atoms with van der Waals surface area (Å²) in [6.07, 6.45) is 12.1. The van der Waals surface area contributed by atoms with Crippen molar-refractivity contribution >= 4 is 5.84 Å². The van der Waals surface area contributed by atoms with Gasteiger partial charge in [-0.3, -0.25) is 10.3 Å². The first kappa shape index (κ1) is 19.1. The smallest absolute Gasteiger partial charge is 0.155 e. The van der Waals surface area contributed by atoms with Crippen LogP contribution in [0.25, 0.3) is 0 Å². The molecule has 0 amide bonds. The molecule has 0 saturated carbocycles. The van der Waals surface area contributed by atoms with E-state index in [1.165, 1.54) is 11.1 Å². The number of hydrogen-bond acceptors (Lipinski definition) is 4. The summed E-state index contributed by atoms with van der Waals surface area (Å²) in [6, 6.07) is 0. The Bertz CT molecular complexity index is 618. The van der Waals surface area contributed by atoms with Crippen LogP contribution in [0.3, 0.4) is 0 Å². The van der Waals surface area contributed by atoms with E-state index < -0.39 is 0 Å². The summed E-state index contributed by atoms with van der Waals surface area (Å²) < 4.78 is 0. The maximum Gasteiger partial charge on any atom is 0.155 e. The summed E-state index contributed by atoms with van der Waals surface area (Å²) in [7, 11) is 1.84. The minimum absolute atomic E-state index is 0.0383. The molecule has 1 atom stereocenters. The standard InChI is InChI=1S/C18H25N5.C2H6/c1-4-6-13(5-2)7-11-21-17-22-15(19-3)14-16(23-17)20-12-10-18(14)8-9-18;1-2/h4-6,8-9,17,20-21,23H,1-2,7,10-12H2,3H3,(H,19,22);1-2H3/b13-6+;. The molecule has 0 bridgehead atoms. The number of allylic oxidation sites excluding steroid dienone is 5. The molecule has 0 aromatic heterocycles. The second-order valence-corrected chi connectivity index (χ2v) is 5.98. The van der Waals surface area contributed by atoms with Crippen LogP contribution >= 0.6 is 0 Å². The molecule has 0 saturated heterocycles. The predicted octanol–water partition coefficient (Wildman–Crippen LogP) is 2.56. The van der Waals surface area contributed by atoms with E-state index in [-0.39, 0.29) is 11.7 Å². The fourth-order valence-electron chi connectivity index (χ4n) is 3.17. The summed E-state index contributed by atoms with van der Waals surface area (Å²) >= 11 is 0. The monoisotopic (exact) mass is 341 g/mol. The highest BCUT2D eigenvalue weighted by Crippen LogP contribution is 2.48. The van der Waals surface area contributed by atoms with Gasteiger partial charge in [0.25, 0.3) is 0 Å². The molecule has 3 rings (SSSR count). The fourth-order valence-corrected chi connectivity index (χ4v) is 3.17. The van der Waals surface area contributed by atoms with Crippen LogP contribution in [0.4, 0.5) is 0 Å². The van der Waals surface area contributed by atoms with E-state index in [2.05, 4.69) is 51.6 Å². The molecule has 0 fully saturated rings. The van der Waals surface area contributed by atoms with E-state index in [4.69, 9.17) is 0 Å². The third kappa shape index (κ3) is 4.23. The van der Waals surface area contributed by atoms with E-state index in [9.17, 15) is 0 Å². The molecular weight excluding hydrogens is 310 g/mol. The lowest BCUT2D eigenvalue weighted by atomic mass is 9.85. The average Bonchev–Trinajstić information content (AvgIpc) is 3.41. The van der Waals surface area contributed by atoms with Gasteiger partial charge in [0.2, 0.25) is 0 Å².